The molecule has 1 aromatic rings. The van der Waals surface area contributed by atoms with Crippen LogP contribution >= 0.6 is 23.4 Å². The van der Waals surface area contributed by atoms with Crippen molar-refractivity contribution in [3.8, 4) is 0 Å². The minimum atomic E-state index is -0.317. The maximum atomic E-state index is 13.3. The second-order valence-corrected chi connectivity index (χ2v) is 4.79. The lowest BCUT2D eigenvalue weighted by molar-refractivity contribution is 0.632. The molecular weight excluding hydrogens is 235 g/mol. The molecule has 1 aliphatic rings. The molecule has 1 N–H and O–H groups in total. The quantitative estimate of drug-likeness (QED) is 0.819. The average Bonchev–Trinajstić information content (AvgIpc) is 2.58. The van der Waals surface area contributed by atoms with Gasteiger partial charge in [-0.05, 0) is 25.1 Å². The summed E-state index contributed by atoms with van der Waals surface area (Å²) in [6.45, 7) is 2.02. The van der Waals surface area contributed by atoms with Crippen molar-refractivity contribution in [1.29, 1.82) is 0 Å². The normalized spacial score (nSPS) is 20.2. The highest BCUT2D eigenvalue weighted by atomic mass is 35.5. The summed E-state index contributed by atoms with van der Waals surface area (Å²) in [6.07, 6.45) is 0. The molecule has 0 amide bonds. The molecule has 0 aromatic heterocycles. The van der Waals surface area contributed by atoms with Crippen molar-refractivity contribution < 1.29 is 4.39 Å². The van der Waals surface area contributed by atoms with Gasteiger partial charge < -0.3 is 5.32 Å². The van der Waals surface area contributed by atoms with Crippen LogP contribution in [-0.2, 0) is 0 Å². The van der Waals surface area contributed by atoms with Crippen molar-refractivity contribution in [3.05, 3.63) is 29.0 Å². The van der Waals surface area contributed by atoms with Gasteiger partial charge in [0.15, 0.2) is 5.17 Å². The molecule has 0 radical (unpaired) electrons. The Labute approximate surface area is 96.9 Å². The van der Waals surface area contributed by atoms with Crippen molar-refractivity contribution in [2.75, 3.05) is 11.1 Å². The minimum absolute atomic E-state index is 0.291. The molecule has 0 saturated carbocycles. The summed E-state index contributed by atoms with van der Waals surface area (Å²) in [5.74, 6) is 0.618. The Morgan fingerprint density at radius 3 is 3.07 bits per heavy atom. The van der Waals surface area contributed by atoms with Crippen LogP contribution < -0.4 is 5.32 Å². The van der Waals surface area contributed by atoms with Gasteiger partial charge in [0.25, 0.3) is 0 Å². The van der Waals surface area contributed by atoms with Gasteiger partial charge in [-0.3, -0.25) is 4.99 Å². The van der Waals surface area contributed by atoms with Crippen molar-refractivity contribution in [3.63, 3.8) is 0 Å². The summed E-state index contributed by atoms with van der Waals surface area (Å²) in [6, 6.07) is 4.71. The van der Waals surface area contributed by atoms with Crippen LogP contribution in [0.3, 0.4) is 0 Å². The first-order valence-corrected chi connectivity index (χ1v) is 5.94. The van der Waals surface area contributed by atoms with E-state index in [2.05, 4.69) is 10.3 Å². The van der Waals surface area contributed by atoms with E-state index in [0.717, 1.165) is 10.9 Å². The van der Waals surface area contributed by atoms with Crippen LogP contribution in [0.4, 0.5) is 10.1 Å². The van der Waals surface area contributed by atoms with E-state index in [0.29, 0.717) is 16.8 Å². The van der Waals surface area contributed by atoms with Gasteiger partial charge >= 0.3 is 0 Å². The van der Waals surface area contributed by atoms with E-state index < -0.39 is 0 Å². The monoisotopic (exact) mass is 244 g/mol. The molecule has 5 heteroatoms. The van der Waals surface area contributed by atoms with Crippen LogP contribution in [0, 0.1) is 5.82 Å². The van der Waals surface area contributed by atoms with Crippen molar-refractivity contribution in [1.82, 2.24) is 0 Å². The summed E-state index contributed by atoms with van der Waals surface area (Å²) in [7, 11) is 0. The van der Waals surface area contributed by atoms with Gasteiger partial charge in [0.05, 0.1) is 11.7 Å². The summed E-state index contributed by atoms with van der Waals surface area (Å²) < 4.78 is 13.3. The number of amidine groups is 1. The van der Waals surface area contributed by atoms with Crippen LogP contribution in [0.25, 0.3) is 0 Å². The molecular formula is C10H10ClFN2S. The van der Waals surface area contributed by atoms with Gasteiger partial charge in [0.2, 0.25) is 0 Å². The third-order valence-electron chi connectivity index (χ3n) is 1.97. The van der Waals surface area contributed by atoms with E-state index in [1.54, 1.807) is 17.8 Å². The first kappa shape index (κ1) is 10.8. The molecule has 0 bridgehead atoms. The second-order valence-electron chi connectivity index (χ2n) is 3.34. The minimum Gasteiger partial charge on any atom is -0.333 e. The molecule has 15 heavy (non-hydrogen) atoms. The van der Waals surface area contributed by atoms with E-state index in [1.165, 1.54) is 12.1 Å². The molecule has 1 aromatic carbocycles. The second kappa shape index (κ2) is 4.41. The predicted octanol–water partition coefficient (Wildman–Crippen LogP) is 3.38. The number of hydrogen-bond donors (Lipinski definition) is 1. The molecule has 2 rings (SSSR count). The highest BCUT2D eigenvalue weighted by Gasteiger charge is 2.15. The van der Waals surface area contributed by atoms with E-state index in [1.807, 2.05) is 6.92 Å². The lowest BCUT2D eigenvalue weighted by atomic mass is 10.3. The number of hydrogen-bond acceptors (Lipinski definition) is 3. The van der Waals surface area contributed by atoms with Crippen LogP contribution in [-0.4, -0.2) is 17.0 Å². The molecule has 2 nitrogen and oxygen atoms in total. The fourth-order valence-corrected chi connectivity index (χ4v) is 2.33. The summed E-state index contributed by atoms with van der Waals surface area (Å²) in [5.41, 5.74) is 0.378. The van der Waals surface area contributed by atoms with E-state index in [-0.39, 0.29) is 5.82 Å². The smallest absolute Gasteiger partial charge is 0.161 e. The largest absolute Gasteiger partial charge is 0.333 e. The molecule has 0 spiro atoms. The maximum absolute atomic E-state index is 13.3. The predicted molar refractivity (Wildman–Crippen MR) is 64.4 cm³/mol. The Morgan fingerprint density at radius 2 is 2.40 bits per heavy atom. The zero-order chi connectivity index (χ0) is 10.8. The first-order chi connectivity index (χ1) is 7.15. The van der Waals surface area contributed by atoms with Crippen LogP contribution in [0.5, 0.6) is 0 Å². The molecule has 1 unspecified atom stereocenters. The topological polar surface area (TPSA) is 24.4 Å². The lowest BCUT2D eigenvalue weighted by Crippen LogP contribution is -2.06. The molecule has 80 valence electrons. The third kappa shape index (κ3) is 2.63. The Hall–Kier alpha value is -0.740. The van der Waals surface area contributed by atoms with Crippen LogP contribution in [0.1, 0.15) is 6.92 Å². The maximum Gasteiger partial charge on any atom is 0.161 e. The van der Waals surface area contributed by atoms with Crippen molar-refractivity contribution in [2.24, 2.45) is 4.99 Å². The van der Waals surface area contributed by atoms with Crippen LogP contribution in [0.2, 0.25) is 5.02 Å². The van der Waals surface area contributed by atoms with Crippen molar-refractivity contribution in [2.45, 2.75) is 13.0 Å². The number of halogens is 2. The Balaban J connectivity index is 2.17. The summed E-state index contributed by atoms with van der Waals surface area (Å²) >= 11 is 7.37. The number of rotatable bonds is 1. The average molecular weight is 245 g/mol. The van der Waals surface area contributed by atoms with Gasteiger partial charge in [0, 0.05) is 10.8 Å². The molecule has 0 aliphatic carbocycles. The Morgan fingerprint density at radius 1 is 1.60 bits per heavy atom. The lowest BCUT2D eigenvalue weighted by Gasteiger charge is -2.06. The molecule has 1 aliphatic heterocycles. The number of nitrogens with zero attached hydrogens (tertiary/aromatic N) is 1. The number of nitrogens with one attached hydrogen (secondary N) is 1. The number of benzene rings is 1. The third-order valence-corrected chi connectivity index (χ3v) is 3.33. The zero-order valence-corrected chi connectivity index (χ0v) is 9.70. The van der Waals surface area contributed by atoms with Gasteiger partial charge in [-0.25, -0.2) is 4.39 Å². The standard InChI is InChI=1S/C10H10ClFN2S/c1-6-5-15-10(13-6)14-9-4-7(11)2-3-8(9)12/h2-4,6H,5H2,1H3,(H,13,14). The fraction of sp³-hybridized carbons (Fsp3) is 0.300. The van der Waals surface area contributed by atoms with Crippen LogP contribution in [0.15, 0.2) is 23.2 Å². The van der Waals surface area contributed by atoms with Crippen molar-refractivity contribution >= 4 is 34.2 Å². The SMILES string of the molecule is CC1CSC(Nc2cc(Cl)ccc2F)=N1. The van der Waals surface area contributed by atoms with Gasteiger partial charge in [0.1, 0.15) is 5.82 Å². The van der Waals surface area contributed by atoms with Gasteiger partial charge in [-0.15, -0.1) is 0 Å². The number of thioether (sulfide) groups is 1. The highest BCUT2D eigenvalue weighted by Crippen LogP contribution is 2.24. The van der Waals surface area contributed by atoms with Gasteiger partial charge in [-0.2, -0.15) is 0 Å². The van der Waals surface area contributed by atoms with E-state index >= 15 is 0 Å². The summed E-state index contributed by atoms with van der Waals surface area (Å²) in [4.78, 5) is 4.31. The molecule has 1 heterocycles. The van der Waals surface area contributed by atoms with E-state index in [4.69, 9.17) is 11.6 Å². The van der Waals surface area contributed by atoms with E-state index in [9.17, 15) is 4.39 Å². The summed E-state index contributed by atoms with van der Waals surface area (Å²) in [5, 5.41) is 4.20. The Bertz CT molecular complexity index is 408. The number of aliphatic imine (C=N–C) groups is 1. The zero-order valence-electron chi connectivity index (χ0n) is 8.13. The Kier molecular flexibility index (Phi) is 3.17. The van der Waals surface area contributed by atoms with Gasteiger partial charge in [-0.1, -0.05) is 23.4 Å². The molecule has 0 saturated heterocycles. The number of anilines is 1. The molecule has 0 fully saturated rings. The molecule has 1 atom stereocenters. The highest BCUT2D eigenvalue weighted by molar-refractivity contribution is 8.14. The first-order valence-electron chi connectivity index (χ1n) is 4.58. The fourth-order valence-electron chi connectivity index (χ4n) is 1.25.